The molecule has 104 valence electrons. The van der Waals surface area contributed by atoms with Crippen molar-refractivity contribution in [2.24, 2.45) is 0 Å². The Morgan fingerprint density at radius 3 is 2.42 bits per heavy atom. The first kappa shape index (κ1) is 14.1. The van der Waals surface area contributed by atoms with Crippen molar-refractivity contribution in [2.45, 2.75) is 44.2 Å². The summed E-state index contributed by atoms with van der Waals surface area (Å²) in [6, 6.07) is 11.0. The Bertz CT molecular complexity index is 396. The predicted molar refractivity (Wildman–Crippen MR) is 78.0 cm³/mol. The van der Waals surface area contributed by atoms with E-state index in [2.05, 4.69) is 5.32 Å². The zero-order valence-corrected chi connectivity index (χ0v) is 11.9. The fourth-order valence-corrected chi connectivity index (χ4v) is 2.85. The van der Waals surface area contributed by atoms with E-state index in [1.165, 1.54) is 12.8 Å². The second-order valence-corrected chi connectivity index (χ2v) is 5.46. The summed E-state index contributed by atoms with van der Waals surface area (Å²) >= 11 is 0. The van der Waals surface area contributed by atoms with Crippen LogP contribution in [0.3, 0.4) is 0 Å². The normalized spacial score (nSPS) is 23.1. The van der Waals surface area contributed by atoms with Crippen molar-refractivity contribution < 1.29 is 4.79 Å². The Balaban J connectivity index is 1.86. The molecule has 0 bridgehead atoms. The summed E-state index contributed by atoms with van der Waals surface area (Å²) in [4.78, 5) is 14.2. The minimum Gasteiger partial charge on any atom is -0.342 e. The number of benzene rings is 1. The SMILES string of the molecule is CNC1CCC(N(C)C(=O)Cc2ccccc2)CC1. The molecule has 1 fully saturated rings. The van der Waals surface area contributed by atoms with Gasteiger partial charge in [0.05, 0.1) is 6.42 Å². The van der Waals surface area contributed by atoms with Crippen LogP contribution in [0, 0.1) is 0 Å². The van der Waals surface area contributed by atoms with Crippen LogP contribution >= 0.6 is 0 Å². The second-order valence-electron chi connectivity index (χ2n) is 5.46. The molecule has 1 N–H and O–H groups in total. The first-order valence-electron chi connectivity index (χ1n) is 7.17. The molecule has 2 rings (SSSR count). The average molecular weight is 260 g/mol. The molecular formula is C16H24N2O. The molecule has 1 aromatic carbocycles. The zero-order chi connectivity index (χ0) is 13.7. The van der Waals surface area contributed by atoms with Gasteiger partial charge in [-0.15, -0.1) is 0 Å². The van der Waals surface area contributed by atoms with Gasteiger partial charge in [-0.2, -0.15) is 0 Å². The largest absolute Gasteiger partial charge is 0.342 e. The molecule has 1 aliphatic carbocycles. The highest BCUT2D eigenvalue weighted by Crippen LogP contribution is 2.22. The van der Waals surface area contributed by atoms with Gasteiger partial charge in [-0.25, -0.2) is 0 Å². The number of carbonyl (C=O) groups is 1. The molecule has 1 saturated carbocycles. The highest BCUT2D eigenvalue weighted by atomic mass is 16.2. The lowest BCUT2D eigenvalue weighted by Gasteiger charge is -2.34. The lowest BCUT2D eigenvalue weighted by atomic mass is 9.90. The predicted octanol–water partition coefficient (Wildman–Crippen LogP) is 2.22. The second kappa shape index (κ2) is 6.71. The molecule has 0 aliphatic heterocycles. The number of hydrogen-bond acceptors (Lipinski definition) is 2. The number of rotatable bonds is 4. The van der Waals surface area contributed by atoms with Gasteiger partial charge in [-0.1, -0.05) is 30.3 Å². The number of nitrogens with one attached hydrogen (secondary N) is 1. The summed E-state index contributed by atoms with van der Waals surface area (Å²) in [5, 5.41) is 3.33. The molecule has 1 aromatic rings. The van der Waals surface area contributed by atoms with Crippen molar-refractivity contribution in [1.29, 1.82) is 0 Å². The molecule has 1 aliphatic rings. The van der Waals surface area contributed by atoms with E-state index in [-0.39, 0.29) is 5.91 Å². The number of nitrogens with zero attached hydrogens (tertiary/aromatic N) is 1. The van der Waals surface area contributed by atoms with Crippen LogP contribution in [0.25, 0.3) is 0 Å². The number of likely N-dealkylation sites (N-methyl/N-ethyl adjacent to an activating group) is 1. The minimum atomic E-state index is 0.235. The maximum Gasteiger partial charge on any atom is 0.226 e. The van der Waals surface area contributed by atoms with Gasteiger partial charge < -0.3 is 10.2 Å². The molecular weight excluding hydrogens is 236 g/mol. The summed E-state index contributed by atoms with van der Waals surface area (Å²) in [5.74, 6) is 0.235. The van der Waals surface area contributed by atoms with Crippen molar-refractivity contribution in [3.63, 3.8) is 0 Å². The maximum absolute atomic E-state index is 12.3. The third-order valence-electron chi connectivity index (χ3n) is 4.24. The molecule has 1 amide bonds. The van der Waals surface area contributed by atoms with E-state index in [1.54, 1.807) is 0 Å². The average Bonchev–Trinajstić information content (AvgIpc) is 2.47. The Morgan fingerprint density at radius 1 is 1.21 bits per heavy atom. The molecule has 0 aromatic heterocycles. The molecule has 19 heavy (non-hydrogen) atoms. The summed E-state index contributed by atoms with van der Waals surface area (Å²) in [7, 11) is 3.98. The number of amides is 1. The third kappa shape index (κ3) is 3.80. The van der Waals surface area contributed by atoms with Crippen LogP contribution in [0.1, 0.15) is 31.2 Å². The quantitative estimate of drug-likeness (QED) is 0.900. The van der Waals surface area contributed by atoms with Crippen molar-refractivity contribution in [3.8, 4) is 0 Å². The minimum absolute atomic E-state index is 0.235. The highest BCUT2D eigenvalue weighted by Gasteiger charge is 2.25. The Labute approximate surface area is 116 Å². The van der Waals surface area contributed by atoms with Crippen molar-refractivity contribution in [3.05, 3.63) is 35.9 Å². The van der Waals surface area contributed by atoms with E-state index in [4.69, 9.17) is 0 Å². The van der Waals surface area contributed by atoms with Crippen molar-refractivity contribution >= 4 is 5.91 Å². The van der Waals surface area contributed by atoms with Crippen LogP contribution in [0.5, 0.6) is 0 Å². The summed E-state index contributed by atoms with van der Waals surface area (Å²) < 4.78 is 0. The molecule has 0 radical (unpaired) electrons. The van der Waals surface area contributed by atoms with Gasteiger partial charge in [0.1, 0.15) is 0 Å². The van der Waals surface area contributed by atoms with Gasteiger partial charge >= 0.3 is 0 Å². The summed E-state index contributed by atoms with van der Waals surface area (Å²) in [6.45, 7) is 0. The standard InChI is InChI=1S/C16H24N2O/c1-17-14-8-10-15(11-9-14)18(2)16(19)12-13-6-4-3-5-7-13/h3-7,14-15,17H,8-12H2,1-2H3. The summed E-state index contributed by atoms with van der Waals surface area (Å²) in [5.41, 5.74) is 1.10. The molecule has 3 nitrogen and oxygen atoms in total. The smallest absolute Gasteiger partial charge is 0.226 e. The lowest BCUT2D eigenvalue weighted by Crippen LogP contribution is -2.43. The van der Waals surface area contributed by atoms with Crippen LogP contribution in [0.2, 0.25) is 0 Å². The molecule has 0 heterocycles. The third-order valence-corrected chi connectivity index (χ3v) is 4.24. The number of hydrogen-bond donors (Lipinski definition) is 1. The van der Waals surface area contributed by atoms with Crippen LogP contribution in [0.15, 0.2) is 30.3 Å². The molecule has 3 heteroatoms. The van der Waals surface area contributed by atoms with Crippen LogP contribution < -0.4 is 5.32 Å². The van der Waals surface area contributed by atoms with Gasteiger partial charge in [-0.05, 0) is 38.3 Å². The monoisotopic (exact) mass is 260 g/mol. The molecule has 0 unspecified atom stereocenters. The fraction of sp³-hybridized carbons (Fsp3) is 0.562. The lowest BCUT2D eigenvalue weighted by molar-refractivity contribution is -0.131. The van der Waals surface area contributed by atoms with Crippen LogP contribution in [-0.4, -0.2) is 37.0 Å². The Kier molecular flexibility index (Phi) is 4.97. The van der Waals surface area contributed by atoms with Gasteiger partial charge in [0.25, 0.3) is 0 Å². The fourth-order valence-electron chi connectivity index (χ4n) is 2.85. The van der Waals surface area contributed by atoms with E-state index in [1.807, 2.05) is 49.3 Å². The van der Waals surface area contributed by atoms with E-state index < -0.39 is 0 Å². The Hall–Kier alpha value is -1.35. The van der Waals surface area contributed by atoms with Gasteiger partial charge in [-0.3, -0.25) is 4.79 Å². The zero-order valence-electron chi connectivity index (χ0n) is 11.9. The van der Waals surface area contributed by atoms with Gasteiger partial charge in [0, 0.05) is 19.1 Å². The Morgan fingerprint density at radius 2 is 1.84 bits per heavy atom. The highest BCUT2D eigenvalue weighted by molar-refractivity contribution is 5.78. The van der Waals surface area contributed by atoms with Gasteiger partial charge in [0.2, 0.25) is 5.91 Å². The molecule has 0 atom stereocenters. The maximum atomic E-state index is 12.3. The molecule has 0 spiro atoms. The first-order chi connectivity index (χ1) is 9.20. The van der Waals surface area contributed by atoms with Crippen molar-refractivity contribution in [2.75, 3.05) is 14.1 Å². The van der Waals surface area contributed by atoms with E-state index in [0.717, 1.165) is 18.4 Å². The topological polar surface area (TPSA) is 32.3 Å². The summed E-state index contributed by atoms with van der Waals surface area (Å²) in [6.07, 6.45) is 5.09. The first-order valence-corrected chi connectivity index (χ1v) is 7.17. The number of carbonyl (C=O) groups excluding carboxylic acids is 1. The van der Waals surface area contributed by atoms with E-state index in [0.29, 0.717) is 18.5 Å². The molecule has 0 saturated heterocycles. The van der Waals surface area contributed by atoms with Crippen molar-refractivity contribution in [1.82, 2.24) is 10.2 Å². The van der Waals surface area contributed by atoms with Crippen LogP contribution in [-0.2, 0) is 11.2 Å². The van der Waals surface area contributed by atoms with Crippen LogP contribution in [0.4, 0.5) is 0 Å². The van der Waals surface area contributed by atoms with Gasteiger partial charge in [0.15, 0.2) is 0 Å². The van der Waals surface area contributed by atoms with E-state index >= 15 is 0 Å². The van der Waals surface area contributed by atoms with E-state index in [9.17, 15) is 4.79 Å².